The minimum absolute atomic E-state index is 0.171. The SMILES string of the molecule is CCCCOc1ccc(C(=O)NCC(=O)OCc2occc2C(=O)OC)cc1. The van der Waals surface area contributed by atoms with Crippen LogP contribution in [0.5, 0.6) is 5.75 Å². The zero-order valence-corrected chi connectivity index (χ0v) is 15.9. The Balaban J connectivity index is 1.77. The normalized spacial score (nSPS) is 10.2. The number of furan rings is 1. The van der Waals surface area contributed by atoms with Crippen LogP contribution in [0.2, 0.25) is 0 Å². The fourth-order valence-electron chi connectivity index (χ4n) is 2.23. The molecule has 0 aliphatic carbocycles. The lowest BCUT2D eigenvalue weighted by atomic mass is 10.2. The number of ether oxygens (including phenoxy) is 3. The average molecular weight is 389 g/mol. The molecule has 1 aromatic carbocycles. The summed E-state index contributed by atoms with van der Waals surface area (Å²) in [5.41, 5.74) is 0.579. The molecule has 2 rings (SSSR count). The molecule has 0 aliphatic rings. The summed E-state index contributed by atoms with van der Waals surface area (Å²) in [5.74, 6) is -0.810. The van der Waals surface area contributed by atoms with Gasteiger partial charge in [-0.1, -0.05) is 13.3 Å². The number of rotatable bonds is 10. The quantitative estimate of drug-likeness (QED) is 0.492. The third-order valence-electron chi connectivity index (χ3n) is 3.79. The summed E-state index contributed by atoms with van der Waals surface area (Å²) in [6.07, 6.45) is 3.30. The van der Waals surface area contributed by atoms with Crippen LogP contribution in [0.1, 0.15) is 46.2 Å². The van der Waals surface area contributed by atoms with E-state index in [4.69, 9.17) is 13.9 Å². The van der Waals surface area contributed by atoms with Crippen LogP contribution in [0.25, 0.3) is 0 Å². The van der Waals surface area contributed by atoms with E-state index in [0.717, 1.165) is 12.8 Å². The van der Waals surface area contributed by atoms with Gasteiger partial charge in [0.1, 0.15) is 24.5 Å². The van der Waals surface area contributed by atoms with Crippen LogP contribution in [0, 0.1) is 0 Å². The van der Waals surface area contributed by atoms with Crippen molar-refractivity contribution in [1.82, 2.24) is 5.32 Å². The molecule has 28 heavy (non-hydrogen) atoms. The minimum atomic E-state index is -0.667. The molecule has 150 valence electrons. The van der Waals surface area contributed by atoms with Gasteiger partial charge in [-0.05, 0) is 36.8 Å². The van der Waals surface area contributed by atoms with Gasteiger partial charge in [0.15, 0.2) is 5.76 Å². The lowest BCUT2D eigenvalue weighted by Crippen LogP contribution is -2.30. The molecule has 0 atom stereocenters. The van der Waals surface area contributed by atoms with E-state index in [1.54, 1.807) is 24.3 Å². The molecule has 8 heteroatoms. The van der Waals surface area contributed by atoms with Crippen molar-refractivity contribution >= 4 is 17.8 Å². The summed E-state index contributed by atoms with van der Waals surface area (Å²) >= 11 is 0. The summed E-state index contributed by atoms with van der Waals surface area (Å²) in [7, 11) is 1.24. The van der Waals surface area contributed by atoms with Crippen LogP contribution >= 0.6 is 0 Å². The molecule has 0 saturated heterocycles. The van der Waals surface area contributed by atoms with Crippen molar-refractivity contribution in [2.45, 2.75) is 26.4 Å². The molecule has 0 radical (unpaired) electrons. The number of carbonyl (C=O) groups excluding carboxylic acids is 3. The topological polar surface area (TPSA) is 104 Å². The Morgan fingerprint density at radius 1 is 1.11 bits per heavy atom. The fraction of sp³-hybridized carbons (Fsp3) is 0.350. The van der Waals surface area contributed by atoms with Crippen LogP contribution in [0.3, 0.4) is 0 Å². The van der Waals surface area contributed by atoms with E-state index < -0.39 is 17.8 Å². The second-order valence-corrected chi connectivity index (χ2v) is 5.82. The van der Waals surface area contributed by atoms with Crippen LogP contribution in [0.4, 0.5) is 0 Å². The van der Waals surface area contributed by atoms with Gasteiger partial charge < -0.3 is 23.9 Å². The van der Waals surface area contributed by atoms with Gasteiger partial charge in [0, 0.05) is 5.56 Å². The van der Waals surface area contributed by atoms with E-state index in [0.29, 0.717) is 17.9 Å². The molecule has 0 unspecified atom stereocenters. The van der Waals surface area contributed by atoms with Gasteiger partial charge in [-0.3, -0.25) is 9.59 Å². The highest BCUT2D eigenvalue weighted by molar-refractivity contribution is 5.96. The first-order valence-corrected chi connectivity index (χ1v) is 8.86. The molecule has 1 heterocycles. The van der Waals surface area contributed by atoms with Gasteiger partial charge in [0.2, 0.25) is 0 Å². The van der Waals surface area contributed by atoms with Crippen LogP contribution < -0.4 is 10.1 Å². The highest BCUT2D eigenvalue weighted by Gasteiger charge is 2.17. The standard InChI is InChI=1S/C20H23NO7/c1-3-4-10-26-15-7-5-14(6-8-15)19(23)21-12-18(22)28-13-17-16(9-11-27-17)20(24)25-2/h5-9,11H,3-4,10,12-13H2,1-2H3,(H,21,23). The third-order valence-corrected chi connectivity index (χ3v) is 3.79. The lowest BCUT2D eigenvalue weighted by molar-refractivity contribution is -0.144. The Morgan fingerprint density at radius 3 is 2.54 bits per heavy atom. The zero-order chi connectivity index (χ0) is 20.4. The van der Waals surface area contributed by atoms with Gasteiger partial charge in [0.05, 0.1) is 20.0 Å². The highest BCUT2D eigenvalue weighted by Crippen LogP contribution is 2.14. The number of benzene rings is 1. The Hall–Kier alpha value is -3.29. The molecule has 0 fully saturated rings. The summed E-state index contributed by atoms with van der Waals surface area (Å²) in [4.78, 5) is 35.4. The maximum absolute atomic E-state index is 12.1. The van der Waals surface area contributed by atoms with Gasteiger partial charge in [-0.2, -0.15) is 0 Å². The second kappa shape index (κ2) is 10.8. The number of nitrogens with one attached hydrogen (secondary N) is 1. The Morgan fingerprint density at radius 2 is 1.86 bits per heavy atom. The molecule has 1 aromatic heterocycles. The van der Waals surface area contributed by atoms with Crippen molar-refractivity contribution < 1.29 is 33.0 Å². The minimum Gasteiger partial charge on any atom is -0.494 e. The fourth-order valence-corrected chi connectivity index (χ4v) is 2.23. The molecular weight excluding hydrogens is 366 g/mol. The van der Waals surface area contributed by atoms with Gasteiger partial charge in [-0.25, -0.2) is 4.79 Å². The Bertz CT molecular complexity index is 795. The number of methoxy groups -OCH3 is 1. The van der Waals surface area contributed by atoms with Crippen molar-refractivity contribution in [2.75, 3.05) is 20.3 Å². The summed E-state index contributed by atoms with van der Waals surface area (Å²) < 4.78 is 20.2. The molecule has 1 N–H and O–H groups in total. The van der Waals surface area contributed by atoms with E-state index in [1.165, 1.54) is 19.4 Å². The number of hydrogen-bond acceptors (Lipinski definition) is 7. The van der Waals surface area contributed by atoms with E-state index >= 15 is 0 Å². The van der Waals surface area contributed by atoms with Gasteiger partial charge in [0.25, 0.3) is 5.91 Å². The van der Waals surface area contributed by atoms with Crippen LogP contribution in [0.15, 0.2) is 41.0 Å². The maximum Gasteiger partial charge on any atom is 0.341 e. The molecular formula is C20H23NO7. The van der Waals surface area contributed by atoms with Crippen molar-refractivity contribution in [2.24, 2.45) is 0 Å². The number of amides is 1. The number of unbranched alkanes of at least 4 members (excludes halogenated alkanes) is 1. The van der Waals surface area contributed by atoms with Gasteiger partial charge >= 0.3 is 11.9 Å². The third kappa shape index (κ3) is 6.15. The van der Waals surface area contributed by atoms with E-state index in [1.807, 2.05) is 0 Å². The van der Waals surface area contributed by atoms with E-state index in [2.05, 4.69) is 17.0 Å². The van der Waals surface area contributed by atoms with Crippen molar-refractivity contribution in [3.05, 3.63) is 53.5 Å². The largest absolute Gasteiger partial charge is 0.494 e. The first-order chi connectivity index (χ1) is 13.5. The van der Waals surface area contributed by atoms with Gasteiger partial charge in [-0.15, -0.1) is 0 Å². The number of hydrogen-bond donors (Lipinski definition) is 1. The molecule has 0 spiro atoms. The van der Waals surface area contributed by atoms with Crippen molar-refractivity contribution in [3.63, 3.8) is 0 Å². The first kappa shape index (κ1) is 21.0. The summed E-state index contributed by atoms with van der Waals surface area (Å²) in [6, 6.07) is 8.07. The second-order valence-electron chi connectivity index (χ2n) is 5.82. The molecule has 0 bridgehead atoms. The lowest BCUT2D eigenvalue weighted by Gasteiger charge is -2.08. The summed E-state index contributed by atoms with van der Waals surface area (Å²) in [5, 5.41) is 2.47. The Kier molecular flexibility index (Phi) is 8.08. The molecule has 1 amide bonds. The van der Waals surface area contributed by atoms with E-state index in [9.17, 15) is 14.4 Å². The van der Waals surface area contributed by atoms with Crippen molar-refractivity contribution in [1.29, 1.82) is 0 Å². The number of esters is 2. The van der Waals surface area contributed by atoms with Crippen LogP contribution in [-0.4, -0.2) is 38.1 Å². The highest BCUT2D eigenvalue weighted by atomic mass is 16.5. The first-order valence-electron chi connectivity index (χ1n) is 8.86. The predicted octanol–water partition coefficient (Wildman–Crippen LogP) is 2.72. The molecule has 0 saturated carbocycles. The summed E-state index contributed by atoms with van der Waals surface area (Å²) in [6.45, 7) is 2.15. The smallest absolute Gasteiger partial charge is 0.341 e. The monoisotopic (exact) mass is 389 g/mol. The van der Waals surface area contributed by atoms with E-state index in [-0.39, 0.29) is 24.5 Å². The predicted molar refractivity (Wildman–Crippen MR) is 99.0 cm³/mol. The van der Waals surface area contributed by atoms with Crippen molar-refractivity contribution in [3.8, 4) is 5.75 Å². The molecule has 2 aromatic rings. The maximum atomic E-state index is 12.1. The number of carbonyl (C=O) groups is 3. The zero-order valence-electron chi connectivity index (χ0n) is 15.9. The average Bonchev–Trinajstić information content (AvgIpc) is 3.19. The Labute approximate surface area is 162 Å². The van der Waals surface area contributed by atoms with Crippen LogP contribution in [-0.2, 0) is 20.9 Å². The molecule has 0 aliphatic heterocycles. The molecule has 8 nitrogen and oxygen atoms in total.